The predicted octanol–water partition coefficient (Wildman–Crippen LogP) is 0.442. The minimum atomic E-state index is -0.910. The monoisotopic (exact) mass is 247 g/mol. The average molecular weight is 247 g/mol. The van der Waals surface area contributed by atoms with E-state index in [4.69, 9.17) is 9.84 Å². The van der Waals surface area contributed by atoms with E-state index in [9.17, 15) is 9.59 Å². The van der Waals surface area contributed by atoms with E-state index < -0.39 is 12.0 Å². The van der Waals surface area contributed by atoms with Crippen LogP contribution in [0.25, 0.3) is 0 Å². The highest BCUT2D eigenvalue weighted by Crippen LogP contribution is 2.18. The summed E-state index contributed by atoms with van der Waals surface area (Å²) in [7, 11) is 1.59. The molecule has 92 valence electrons. The smallest absolute Gasteiger partial charge is 0.327 e. The highest BCUT2D eigenvalue weighted by Gasteiger charge is 2.31. The molecule has 1 saturated heterocycles. The summed E-state index contributed by atoms with van der Waals surface area (Å²) >= 11 is 1.58. The molecule has 1 amide bonds. The molecule has 1 unspecified atom stereocenters. The second-order valence-corrected chi connectivity index (χ2v) is 4.76. The normalized spacial score (nSPS) is 20.8. The van der Waals surface area contributed by atoms with Crippen LogP contribution in [0, 0.1) is 0 Å². The molecule has 1 heterocycles. The molecule has 0 saturated carbocycles. The van der Waals surface area contributed by atoms with Crippen molar-refractivity contribution in [2.24, 2.45) is 0 Å². The molecule has 0 bridgehead atoms. The second kappa shape index (κ2) is 6.75. The summed E-state index contributed by atoms with van der Waals surface area (Å²) in [6.07, 6.45) is 1.01. The van der Waals surface area contributed by atoms with Gasteiger partial charge < -0.3 is 14.7 Å². The molecule has 0 aromatic rings. The van der Waals surface area contributed by atoms with Gasteiger partial charge in [-0.3, -0.25) is 4.79 Å². The quantitative estimate of drug-likeness (QED) is 0.714. The van der Waals surface area contributed by atoms with Gasteiger partial charge >= 0.3 is 5.97 Å². The van der Waals surface area contributed by atoms with Crippen molar-refractivity contribution < 1.29 is 19.4 Å². The molecule has 0 aromatic heterocycles. The maximum absolute atomic E-state index is 11.8. The van der Waals surface area contributed by atoms with E-state index in [1.807, 2.05) is 0 Å². The third kappa shape index (κ3) is 3.68. The van der Waals surface area contributed by atoms with Gasteiger partial charge in [0.05, 0.1) is 0 Å². The first-order valence-corrected chi connectivity index (χ1v) is 6.41. The van der Waals surface area contributed by atoms with Gasteiger partial charge in [0, 0.05) is 38.2 Å². The Balaban J connectivity index is 2.47. The fourth-order valence-electron chi connectivity index (χ4n) is 1.62. The minimum Gasteiger partial charge on any atom is -0.480 e. The molecule has 0 aromatic carbocycles. The Labute approximate surface area is 99.1 Å². The average Bonchev–Trinajstić information content (AvgIpc) is 2.29. The highest BCUT2D eigenvalue weighted by molar-refractivity contribution is 7.99. The van der Waals surface area contributed by atoms with E-state index in [-0.39, 0.29) is 5.91 Å². The molecular weight excluding hydrogens is 230 g/mol. The van der Waals surface area contributed by atoms with Gasteiger partial charge in [0.15, 0.2) is 0 Å². The molecule has 6 heteroatoms. The van der Waals surface area contributed by atoms with Gasteiger partial charge in [-0.1, -0.05) is 0 Å². The summed E-state index contributed by atoms with van der Waals surface area (Å²) in [5, 5.41) is 9.00. The number of hydrogen-bond donors (Lipinski definition) is 1. The van der Waals surface area contributed by atoms with Crippen LogP contribution in [0.3, 0.4) is 0 Å². The predicted molar refractivity (Wildman–Crippen MR) is 61.6 cm³/mol. The lowest BCUT2D eigenvalue weighted by molar-refractivity contribution is -0.149. The zero-order chi connectivity index (χ0) is 12.0. The number of rotatable bonds is 5. The van der Waals surface area contributed by atoms with Crippen LogP contribution in [-0.4, -0.2) is 59.7 Å². The lowest BCUT2D eigenvalue weighted by Gasteiger charge is -2.32. The van der Waals surface area contributed by atoms with Gasteiger partial charge in [-0.15, -0.1) is 0 Å². The zero-order valence-corrected chi connectivity index (χ0v) is 10.2. The van der Waals surface area contributed by atoms with E-state index in [1.165, 1.54) is 4.90 Å². The third-order valence-electron chi connectivity index (χ3n) is 2.47. The number of thioether (sulfide) groups is 1. The lowest BCUT2D eigenvalue weighted by atomic mass is 10.2. The number of carboxylic acids is 1. The van der Waals surface area contributed by atoms with Crippen LogP contribution in [0.4, 0.5) is 0 Å². The number of carbonyl (C=O) groups excluding carboxylic acids is 1. The van der Waals surface area contributed by atoms with Crippen LogP contribution in [0.1, 0.15) is 12.8 Å². The number of carboxylic acid groups (broad SMARTS) is 1. The van der Waals surface area contributed by atoms with Crippen molar-refractivity contribution >= 4 is 23.6 Å². The minimum absolute atomic E-state index is 0.0789. The van der Waals surface area contributed by atoms with Gasteiger partial charge in [-0.2, -0.15) is 11.8 Å². The fraction of sp³-hybridized carbons (Fsp3) is 0.800. The number of aliphatic carboxylic acids is 1. The number of carbonyl (C=O) groups is 2. The van der Waals surface area contributed by atoms with E-state index in [1.54, 1.807) is 18.9 Å². The molecule has 1 rings (SSSR count). The van der Waals surface area contributed by atoms with Crippen molar-refractivity contribution in [2.45, 2.75) is 18.9 Å². The molecule has 0 spiro atoms. The van der Waals surface area contributed by atoms with Crippen molar-refractivity contribution in [1.82, 2.24) is 4.90 Å². The van der Waals surface area contributed by atoms with Crippen LogP contribution < -0.4 is 0 Å². The Bertz CT molecular complexity index is 259. The Hall–Kier alpha value is -0.750. The molecule has 0 aliphatic carbocycles. The molecule has 1 aliphatic heterocycles. The van der Waals surface area contributed by atoms with Crippen molar-refractivity contribution in [3.8, 4) is 0 Å². The maximum atomic E-state index is 11.8. The van der Waals surface area contributed by atoms with Gasteiger partial charge in [0.2, 0.25) is 5.91 Å². The third-order valence-corrected chi connectivity index (χ3v) is 3.50. The largest absolute Gasteiger partial charge is 0.480 e. The van der Waals surface area contributed by atoms with Crippen LogP contribution in [0.15, 0.2) is 0 Å². The summed E-state index contributed by atoms with van der Waals surface area (Å²) in [5.74, 6) is 0.322. The van der Waals surface area contributed by atoms with Crippen LogP contribution in [0.5, 0.6) is 0 Å². The first-order chi connectivity index (χ1) is 7.66. The molecule has 0 radical (unpaired) electrons. The van der Waals surface area contributed by atoms with Gasteiger partial charge in [0.25, 0.3) is 0 Å². The second-order valence-electron chi connectivity index (χ2n) is 3.61. The summed E-state index contributed by atoms with van der Waals surface area (Å²) in [5.41, 5.74) is 0. The SMILES string of the molecule is COCCCC(=O)N1CCSCC1C(=O)O. The maximum Gasteiger partial charge on any atom is 0.327 e. The van der Waals surface area contributed by atoms with Crippen molar-refractivity contribution in [2.75, 3.05) is 31.8 Å². The summed E-state index contributed by atoms with van der Waals surface area (Å²) in [6.45, 7) is 1.07. The fourth-order valence-corrected chi connectivity index (χ4v) is 2.66. The van der Waals surface area contributed by atoms with Gasteiger partial charge in [0.1, 0.15) is 6.04 Å². The van der Waals surface area contributed by atoms with E-state index in [2.05, 4.69) is 0 Å². The lowest BCUT2D eigenvalue weighted by Crippen LogP contribution is -2.50. The van der Waals surface area contributed by atoms with Gasteiger partial charge in [-0.25, -0.2) is 4.79 Å². The molecule has 16 heavy (non-hydrogen) atoms. The Morgan fingerprint density at radius 1 is 1.56 bits per heavy atom. The first kappa shape index (κ1) is 13.3. The zero-order valence-electron chi connectivity index (χ0n) is 9.35. The van der Waals surface area contributed by atoms with E-state index in [0.717, 1.165) is 5.75 Å². The number of nitrogens with zero attached hydrogens (tertiary/aromatic N) is 1. The standard InChI is InChI=1S/C10H17NO4S/c1-15-5-2-3-9(12)11-4-6-16-7-8(11)10(13)14/h8H,2-7H2,1H3,(H,13,14). The number of hydrogen-bond acceptors (Lipinski definition) is 4. The van der Waals surface area contributed by atoms with Crippen molar-refractivity contribution in [1.29, 1.82) is 0 Å². The molecule has 1 aliphatic rings. The van der Waals surface area contributed by atoms with Crippen molar-refractivity contribution in [3.05, 3.63) is 0 Å². The van der Waals surface area contributed by atoms with Crippen LogP contribution in [0.2, 0.25) is 0 Å². The first-order valence-electron chi connectivity index (χ1n) is 5.25. The topological polar surface area (TPSA) is 66.8 Å². The van der Waals surface area contributed by atoms with E-state index in [0.29, 0.717) is 31.7 Å². The summed E-state index contributed by atoms with van der Waals surface area (Å²) in [6, 6.07) is -0.659. The molecule has 1 N–H and O–H groups in total. The molecule has 1 atom stereocenters. The van der Waals surface area contributed by atoms with Crippen LogP contribution >= 0.6 is 11.8 Å². The van der Waals surface area contributed by atoms with Crippen LogP contribution in [-0.2, 0) is 14.3 Å². The summed E-state index contributed by atoms with van der Waals surface area (Å²) < 4.78 is 4.86. The van der Waals surface area contributed by atoms with E-state index >= 15 is 0 Å². The highest BCUT2D eigenvalue weighted by atomic mass is 32.2. The summed E-state index contributed by atoms with van der Waals surface area (Å²) in [4.78, 5) is 24.2. The number of ether oxygens (including phenoxy) is 1. The number of amides is 1. The Kier molecular flexibility index (Phi) is 5.62. The van der Waals surface area contributed by atoms with Crippen molar-refractivity contribution in [3.63, 3.8) is 0 Å². The Morgan fingerprint density at radius 3 is 2.94 bits per heavy atom. The molecule has 1 fully saturated rings. The molecular formula is C10H17NO4S. The van der Waals surface area contributed by atoms with Gasteiger partial charge in [-0.05, 0) is 6.42 Å². The Morgan fingerprint density at radius 2 is 2.31 bits per heavy atom. The molecule has 5 nitrogen and oxygen atoms in total. The number of methoxy groups -OCH3 is 1.